The smallest absolute Gasteiger partial charge is 0.222 e. The zero-order valence-corrected chi connectivity index (χ0v) is 13.4. The minimum Gasteiger partial charge on any atom is -0.348 e. The molecule has 0 saturated heterocycles. The Morgan fingerprint density at radius 3 is 2.74 bits per heavy atom. The van der Waals surface area contributed by atoms with Crippen LogP contribution < -0.4 is 5.32 Å². The van der Waals surface area contributed by atoms with E-state index in [-0.39, 0.29) is 12.1 Å². The molecule has 3 aromatic rings. The molecule has 1 aliphatic heterocycles. The summed E-state index contributed by atoms with van der Waals surface area (Å²) >= 11 is 0. The van der Waals surface area contributed by atoms with E-state index >= 15 is 0 Å². The predicted octanol–water partition coefficient (Wildman–Crippen LogP) is 4.04. The number of aryl methyl sites for hydroxylation is 2. The molecule has 0 spiro atoms. The van der Waals surface area contributed by atoms with Gasteiger partial charge >= 0.3 is 0 Å². The van der Waals surface area contributed by atoms with Crippen molar-refractivity contribution in [1.29, 1.82) is 0 Å². The normalized spacial score (nSPS) is 19.9. The number of aromatic nitrogens is 3. The first kappa shape index (κ1) is 14.0. The molecule has 1 aromatic heterocycles. The minimum atomic E-state index is 0.207. The molecular formula is C19H20N4. The van der Waals surface area contributed by atoms with Gasteiger partial charge in [-0.25, -0.2) is 4.68 Å². The number of rotatable bonds is 2. The molecule has 23 heavy (non-hydrogen) atoms. The maximum Gasteiger partial charge on any atom is 0.222 e. The van der Waals surface area contributed by atoms with E-state index in [0.29, 0.717) is 0 Å². The maximum atomic E-state index is 4.46. The number of benzene rings is 2. The van der Waals surface area contributed by atoms with Crippen LogP contribution in [0.1, 0.15) is 40.8 Å². The highest BCUT2D eigenvalue weighted by Crippen LogP contribution is 2.38. The third kappa shape index (κ3) is 2.50. The highest BCUT2D eigenvalue weighted by atomic mass is 15.4. The van der Waals surface area contributed by atoms with Crippen LogP contribution in [-0.2, 0) is 0 Å². The number of nitrogens with one attached hydrogen (secondary N) is 1. The van der Waals surface area contributed by atoms with Gasteiger partial charge < -0.3 is 5.32 Å². The Morgan fingerprint density at radius 1 is 1.09 bits per heavy atom. The lowest BCUT2D eigenvalue weighted by Crippen LogP contribution is -2.28. The van der Waals surface area contributed by atoms with Crippen LogP contribution in [0.3, 0.4) is 0 Å². The summed E-state index contributed by atoms with van der Waals surface area (Å²) in [6.07, 6.45) is 2.60. The second-order valence-corrected chi connectivity index (χ2v) is 6.25. The molecule has 0 radical (unpaired) electrons. The molecule has 0 unspecified atom stereocenters. The molecule has 0 aliphatic carbocycles. The van der Waals surface area contributed by atoms with Crippen LogP contribution >= 0.6 is 0 Å². The molecule has 4 heteroatoms. The highest BCUT2D eigenvalue weighted by molar-refractivity contribution is 5.41. The lowest BCUT2D eigenvalue weighted by molar-refractivity contribution is 0.429. The van der Waals surface area contributed by atoms with Gasteiger partial charge in [0.2, 0.25) is 5.95 Å². The molecule has 0 fully saturated rings. The second kappa shape index (κ2) is 5.54. The standard InChI is InChI=1S/C19H20N4/c1-13-8-9-14(2)16(10-13)18-11-17(15-6-4-3-5-7-15)22-19-20-12-21-23(18)19/h3-10,12,17-18H,11H2,1-2H3,(H,20,21,22)/t17-,18-/m1/s1. The summed E-state index contributed by atoms with van der Waals surface area (Å²) in [4.78, 5) is 4.40. The fourth-order valence-electron chi connectivity index (χ4n) is 3.40. The van der Waals surface area contributed by atoms with Gasteiger partial charge in [-0.2, -0.15) is 10.1 Å². The van der Waals surface area contributed by atoms with Gasteiger partial charge in [0.15, 0.2) is 0 Å². The van der Waals surface area contributed by atoms with Crippen molar-refractivity contribution in [3.8, 4) is 0 Å². The summed E-state index contributed by atoms with van der Waals surface area (Å²) in [6.45, 7) is 4.31. The van der Waals surface area contributed by atoms with Gasteiger partial charge in [0, 0.05) is 0 Å². The Bertz CT molecular complexity index is 822. The van der Waals surface area contributed by atoms with Crippen LogP contribution in [0.25, 0.3) is 0 Å². The zero-order valence-electron chi connectivity index (χ0n) is 13.4. The van der Waals surface area contributed by atoms with Gasteiger partial charge in [-0.05, 0) is 37.0 Å². The summed E-state index contributed by atoms with van der Waals surface area (Å²) < 4.78 is 2.02. The van der Waals surface area contributed by atoms with Crippen molar-refractivity contribution < 1.29 is 0 Å². The van der Waals surface area contributed by atoms with Gasteiger partial charge in [0.25, 0.3) is 0 Å². The van der Waals surface area contributed by atoms with Crippen molar-refractivity contribution in [2.75, 3.05) is 5.32 Å². The molecule has 2 heterocycles. The Morgan fingerprint density at radius 2 is 1.91 bits per heavy atom. The largest absolute Gasteiger partial charge is 0.348 e. The molecule has 4 rings (SSSR count). The van der Waals surface area contributed by atoms with Crippen LogP contribution in [0.5, 0.6) is 0 Å². The molecule has 116 valence electrons. The lowest BCUT2D eigenvalue weighted by atomic mass is 9.90. The first-order chi connectivity index (χ1) is 11.2. The number of hydrogen-bond acceptors (Lipinski definition) is 3. The summed E-state index contributed by atoms with van der Waals surface area (Å²) in [7, 11) is 0. The summed E-state index contributed by atoms with van der Waals surface area (Å²) in [5, 5.41) is 7.97. The summed E-state index contributed by atoms with van der Waals surface area (Å²) in [5.41, 5.74) is 5.20. The minimum absolute atomic E-state index is 0.207. The number of anilines is 1. The average Bonchev–Trinajstić information content (AvgIpc) is 3.05. The summed E-state index contributed by atoms with van der Waals surface area (Å²) in [6, 6.07) is 17.7. The van der Waals surface area contributed by atoms with Gasteiger partial charge in [0.05, 0.1) is 12.1 Å². The van der Waals surface area contributed by atoms with Crippen LogP contribution in [-0.4, -0.2) is 14.8 Å². The molecular weight excluding hydrogens is 284 g/mol. The van der Waals surface area contributed by atoms with E-state index in [0.717, 1.165) is 12.4 Å². The lowest BCUT2D eigenvalue weighted by Gasteiger charge is -2.32. The quantitative estimate of drug-likeness (QED) is 0.777. The number of hydrogen-bond donors (Lipinski definition) is 1. The molecule has 0 amide bonds. The predicted molar refractivity (Wildman–Crippen MR) is 91.5 cm³/mol. The van der Waals surface area contributed by atoms with Gasteiger partial charge in [-0.3, -0.25) is 0 Å². The van der Waals surface area contributed by atoms with Crippen molar-refractivity contribution in [1.82, 2.24) is 14.8 Å². The molecule has 2 aromatic carbocycles. The maximum absolute atomic E-state index is 4.46. The fraction of sp³-hybridized carbons (Fsp3) is 0.263. The topological polar surface area (TPSA) is 42.7 Å². The third-order valence-electron chi connectivity index (χ3n) is 4.63. The number of fused-ring (bicyclic) bond motifs is 1. The van der Waals surface area contributed by atoms with E-state index in [1.165, 1.54) is 22.3 Å². The van der Waals surface area contributed by atoms with Crippen molar-refractivity contribution in [3.05, 3.63) is 77.1 Å². The van der Waals surface area contributed by atoms with Crippen LogP contribution in [0.15, 0.2) is 54.9 Å². The SMILES string of the molecule is Cc1ccc(C)c([C@H]2C[C@H](c3ccccc3)Nc3ncnn32)c1. The summed E-state index contributed by atoms with van der Waals surface area (Å²) in [5.74, 6) is 0.844. The van der Waals surface area contributed by atoms with Crippen LogP contribution in [0.4, 0.5) is 5.95 Å². The second-order valence-electron chi connectivity index (χ2n) is 6.25. The van der Waals surface area contributed by atoms with Crippen LogP contribution in [0.2, 0.25) is 0 Å². The molecule has 4 nitrogen and oxygen atoms in total. The van der Waals surface area contributed by atoms with Gasteiger partial charge in [-0.1, -0.05) is 54.1 Å². The van der Waals surface area contributed by atoms with Crippen molar-refractivity contribution in [3.63, 3.8) is 0 Å². The Labute approximate surface area is 136 Å². The van der Waals surface area contributed by atoms with Crippen molar-refractivity contribution >= 4 is 5.95 Å². The average molecular weight is 304 g/mol. The highest BCUT2D eigenvalue weighted by Gasteiger charge is 2.30. The van der Waals surface area contributed by atoms with E-state index in [9.17, 15) is 0 Å². The van der Waals surface area contributed by atoms with Gasteiger partial charge in [0.1, 0.15) is 6.33 Å². The third-order valence-corrected chi connectivity index (χ3v) is 4.63. The molecule has 1 aliphatic rings. The van der Waals surface area contributed by atoms with Crippen molar-refractivity contribution in [2.24, 2.45) is 0 Å². The van der Waals surface area contributed by atoms with E-state index in [1.54, 1.807) is 6.33 Å². The van der Waals surface area contributed by atoms with E-state index in [4.69, 9.17) is 0 Å². The van der Waals surface area contributed by atoms with E-state index < -0.39 is 0 Å². The fourth-order valence-corrected chi connectivity index (χ4v) is 3.40. The molecule has 0 bridgehead atoms. The van der Waals surface area contributed by atoms with E-state index in [1.807, 2.05) is 4.68 Å². The Hall–Kier alpha value is -2.62. The first-order valence-corrected chi connectivity index (χ1v) is 8.00. The van der Waals surface area contributed by atoms with E-state index in [2.05, 4.69) is 77.8 Å². The molecule has 0 saturated carbocycles. The van der Waals surface area contributed by atoms with Crippen LogP contribution in [0, 0.1) is 13.8 Å². The molecule has 1 N–H and O–H groups in total. The first-order valence-electron chi connectivity index (χ1n) is 8.00. The Kier molecular flexibility index (Phi) is 3.37. The Balaban J connectivity index is 1.78. The van der Waals surface area contributed by atoms with Gasteiger partial charge in [-0.15, -0.1) is 0 Å². The van der Waals surface area contributed by atoms with Crippen molar-refractivity contribution in [2.45, 2.75) is 32.4 Å². The zero-order chi connectivity index (χ0) is 15.8. The molecule has 2 atom stereocenters. The monoisotopic (exact) mass is 304 g/mol. The number of nitrogens with zero attached hydrogens (tertiary/aromatic N) is 3.